The lowest BCUT2D eigenvalue weighted by atomic mass is 10.1. The molecular formula is C9H20N2O. The zero-order valence-electron chi connectivity index (χ0n) is 8.10. The fraction of sp³-hybridized carbons (Fsp3) is 0.889. The maximum Gasteiger partial charge on any atom is 0.146 e. The second kappa shape index (κ2) is 7.25. The summed E-state index contributed by atoms with van der Waals surface area (Å²) in [4.78, 5) is 10.7. The van der Waals surface area contributed by atoms with Crippen LogP contribution in [-0.2, 0) is 4.79 Å². The molecule has 0 saturated carbocycles. The Balaban J connectivity index is 3.14. The number of nitrogens with one attached hydrogen (secondary N) is 1. The van der Waals surface area contributed by atoms with Crippen molar-refractivity contribution in [3.05, 3.63) is 0 Å². The third-order valence-electron chi connectivity index (χ3n) is 1.89. The van der Waals surface area contributed by atoms with Crippen molar-refractivity contribution in [2.45, 2.75) is 39.2 Å². The van der Waals surface area contributed by atoms with E-state index in [1.165, 1.54) is 0 Å². The molecule has 12 heavy (non-hydrogen) atoms. The van der Waals surface area contributed by atoms with Gasteiger partial charge in [-0.2, -0.15) is 0 Å². The lowest BCUT2D eigenvalue weighted by Crippen LogP contribution is -2.28. The van der Waals surface area contributed by atoms with Crippen LogP contribution in [0.5, 0.6) is 0 Å². The molecule has 0 amide bonds. The first kappa shape index (κ1) is 11.6. The summed E-state index contributed by atoms with van der Waals surface area (Å²) in [7, 11) is 0. The van der Waals surface area contributed by atoms with Gasteiger partial charge < -0.3 is 11.1 Å². The van der Waals surface area contributed by atoms with E-state index in [-0.39, 0.29) is 11.8 Å². The number of ketones is 1. The van der Waals surface area contributed by atoms with Gasteiger partial charge in [-0.15, -0.1) is 0 Å². The molecule has 0 aliphatic carbocycles. The van der Waals surface area contributed by atoms with Crippen LogP contribution in [0.1, 0.15) is 33.1 Å². The van der Waals surface area contributed by atoms with Crippen LogP contribution in [0.4, 0.5) is 0 Å². The average Bonchev–Trinajstić information content (AvgIpc) is 2.03. The molecule has 0 radical (unpaired) electrons. The number of carbonyl (C=O) groups excluding carboxylic acids is 1. The van der Waals surface area contributed by atoms with Gasteiger partial charge in [0.15, 0.2) is 0 Å². The van der Waals surface area contributed by atoms with Gasteiger partial charge in [0.2, 0.25) is 0 Å². The lowest BCUT2D eigenvalue weighted by Gasteiger charge is -2.06. The van der Waals surface area contributed by atoms with Crippen molar-refractivity contribution in [2.75, 3.05) is 13.1 Å². The van der Waals surface area contributed by atoms with Gasteiger partial charge in [0.25, 0.3) is 0 Å². The molecule has 0 aliphatic rings. The minimum Gasteiger partial charge on any atom is -0.322 e. The van der Waals surface area contributed by atoms with Crippen LogP contribution in [-0.4, -0.2) is 24.9 Å². The number of nitrogens with two attached hydrogens (primary N) is 1. The number of carbonyl (C=O) groups is 1. The Kier molecular flexibility index (Phi) is 7.00. The van der Waals surface area contributed by atoms with Crippen molar-refractivity contribution in [2.24, 2.45) is 5.73 Å². The molecule has 0 aliphatic heterocycles. The van der Waals surface area contributed by atoms with Gasteiger partial charge in [-0.1, -0.05) is 13.3 Å². The van der Waals surface area contributed by atoms with Gasteiger partial charge in [-0.25, -0.2) is 0 Å². The maximum absolute atomic E-state index is 10.7. The molecule has 0 aromatic carbocycles. The quantitative estimate of drug-likeness (QED) is 0.555. The van der Waals surface area contributed by atoms with Gasteiger partial charge >= 0.3 is 0 Å². The van der Waals surface area contributed by atoms with Crippen molar-refractivity contribution in [1.82, 2.24) is 5.32 Å². The molecule has 0 saturated heterocycles. The van der Waals surface area contributed by atoms with Gasteiger partial charge in [0.05, 0.1) is 6.04 Å². The minimum atomic E-state index is -0.244. The molecule has 0 unspecified atom stereocenters. The Morgan fingerprint density at radius 1 is 1.50 bits per heavy atom. The molecule has 0 heterocycles. The Bertz CT molecular complexity index is 126. The molecule has 0 fully saturated rings. The molecule has 3 N–H and O–H groups in total. The van der Waals surface area contributed by atoms with E-state index in [0.717, 1.165) is 32.4 Å². The van der Waals surface area contributed by atoms with Gasteiger partial charge in [0, 0.05) is 0 Å². The second-order valence-corrected chi connectivity index (χ2v) is 3.07. The number of unbranched alkanes of at least 4 members (excludes halogenated alkanes) is 1. The SMILES string of the molecule is CCNCCCC[C@H](N)C(C)=O. The molecule has 0 bridgehead atoms. The zero-order chi connectivity index (χ0) is 9.40. The van der Waals surface area contributed by atoms with Crippen molar-refractivity contribution in [1.29, 1.82) is 0 Å². The smallest absolute Gasteiger partial charge is 0.146 e. The van der Waals surface area contributed by atoms with Crippen LogP contribution in [0.25, 0.3) is 0 Å². The summed E-state index contributed by atoms with van der Waals surface area (Å²) in [6.07, 6.45) is 2.96. The number of Topliss-reactive ketones (excluding diaryl/α,β-unsaturated/α-hetero) is 1. The first-order valence-electron chi connectivity index (χ1n) is 4.65. The monoisotopic (exact) mass is 172 g/mol. The highest BCUT2D eigenvalue weighted by Gasteiger charge is 2.05. The minimum absolute atomic E-state index is 0.0958. The first-order chi connectivity index (χ1) is 5.68. The predicted octanol–water partition coefficient (Wildman–Crippen LogP) is 0.682. The third-order valence-corrected chi connectivity index (χ3v) is 1.89. The predicted molar refractivity (Wildman–Crippen MR) is 51.1 cm³/mol. The number of hydrogen-bond acceptors (Lipinski definition) is 3. The summed E-state index contributed by atoms with van der Waals surface area (Å²) < 4.78 is 0. The molecule has 0 rings (SSSR count). The fourth-order valence-electron chi connectivity index (χ4n) is 0.994. The van der Waals surface area contributed by atoms with Crippen LogP contribution >= 0.6 is 0 Å². The average molecular weight is 172 g/mol. The highest BCUT2D eigenvalue weighted by atomic mass is 16.1. The highest BCUT2D eigenvalue weighted by Crippen LogP contribution is 1.98. The van der Waals surface area contributed by atoms with E-state index >= 15 is 0 Å². The summed E-state index contributed by atoms with van der Waals surface area (Å²) in [5.74, 6) is 0.0958. The normalized spacial score (nSPS) is 12.9. The van der Waals surface area contributed by atoms with Crippen LogP contribution in [0, 0.1) is 0 Å². The van der Waals surface area contributed by atoms with Crippen LogP contribution in [0.2, 0.25) is 0 Å². The Morgan fingerprint density at radius 3 is 2.67 bits per heavy atom. The highest BCUT2D eigenvalue weighted by molar-refractivity contribution is 5.80. The van der Waals surface area contributed by atoms with E-state index in [0.29, 0.717) is 0 Å². The van der Waals surface area contributed by atoms with Crippen molar-refractivity contribution < 1.29 is 4.79 Å². The summed E-state index contributed by atoms with van der Waals surface area (Å²) in [6.45, 7) is 5.68. The van der Waals surface area contributed by atoms with Crippen molar-refractivity contribution in [3.63, 3.8) is 0 Å². The molecule has 72 valence electrons. The summed E-state index contributed by atoms with van der Waals surface area (Å²) in [6, 6.07) is -0.244. The molecule has 3 nitrogen and oxygen atoms in total. The van der Waals surface area contributed by atoms with E-state index in [1.807, 2.05) is 0 Å². The molecule has 0 aromatic rings. The number of rotatable bonds is 7. The molecule has 0 aromatic heterocycles. The largest absolute Gasteiger partial charge is 0.322 e. The van der Waals surface area contributed by atoms with E-state index in [2.05, 4.69) is 12.2 Å². The fourth-order valence-corrected chi connectivity index (χ4v) is 0.994. The molecule has 0 spiro atoms. The van der Waals surface area contributed by atoms with E-state index in [1.54, 1.807) is 6.92 Å². The van der Waals surface area contributed by atoms with E-state index in [4.69, 9.17) is 5.73 Å². The van der Waals surface area contributed by atoms with Gasteiger partial charge in [-0.3, -0.25) is 4.79 Å². The number of hydrogen-bond donors (Lipinski definition) is 2. The molecule has 3 heteroatoms. The van der Waals surface area contributed by atoms with Crippen LogP contribution < -0.4 is 11.1 Å². The third kappa shape index (κ3) is 6.31. The van der Waals surface area contributed by atoms with Crippen molar-refractivity contribution in [3.8, 4) is 0 Å². The topological polar surface area (TPSA) is 55.1 Å². The molecular weight excluding hydrogens is 152 g/mol. The Hall–Kier alpha value is -0.410. The standard InChI is InChI=1S/C9H20N2O/c1-3-11-7-5-4-6-9(10)8(2)12/h9,11H,3-7,10H2,1-2H3/t9-/m0/s1. The Morgan fingerprint density at radius 2 is 2.17 bits per heavy atom. The summed E-state index contributed by atoms with van der Waals surface area (Å²) >= 11 is 0. The summed E-state index contributed by atoms with van der Waals surface area (Å²) in [5, 5.41) is 3.23. The lowest BCUT2D eigenvalue weighted by molar-refractivity contribution is -0.118. The Labute approximate surface area is 74.7 Å². The van der Waals surface area contributed by atoms with Gasteiger partial charge in [-0.05, 0) is 32.9 Å². The van der Waals surface area contributed by atoms with Gasteiger partial charge in [0.1, 0.15) is 5.78 Å². The van der Waals surface area contributed by atoms with E-state index in [9.17, 15) is 4.79 Å². The van der Waals surface area contributed by atoms with Crippen LogP contribution in [0.3, 0.4) is 0 Å². The van der Waals surface area contributed by atoms with E-state index < -0.39 is 0 Å². The second-order valence-electron chi connectivity index (χ2n) is 3.07. The van der Waals surface area contributed by atoms with Crippen molar-refractivity contribution >= 4 is 5.78 Å². The maximum atomic E-state index is 10.7. The molecule has 1 atom stereocenters. The summed E-state index contributed by atoms with van der Waals surface area (Å²) in [5.41, 5.74) is 5.56. The van der Waals surface area contributed by atoms with Crippen LogP contribution in [0.15, 0.2) is 0 Å². The first-order valence-corrected chi connectivity index (χ1v) is 4.65. The zero-order valence-corrected chi connectivity index (χ0v) is 8.10.